The van der Waals surface area contributed by atoms with Crippen LogP contribution in [0.3, 0.4) is 0 Å². The minimum Gasteiger partial charge on any atom is -0.465 e. The van der Waals surface area contributed by atoms with Crippen LogP contribution in [0, 0.1) is 5.92 Å². The Hall–Kier alpha value is -6.20. The molecule has 16 heteroatoms. The summed E-state index contributed by atoms with van der Waals surface area (Å²) in [5.41, 5.74) is 7.11. The van der Waals surface area contributed by atoms with E-state index in [1.807, 2.05) is 82.2 Å². The number of imidazole rings is 2. The topological polar surface area (TPSA) is 192 Å². The standard InChI is InChI=1S/C49H58N8O8/c1-27(2)41(54-47(60)63-7)44(58)55-19-9-13-37(55)42-50-26-35(53-42)29-15-17-33-39-23-32-21-28(34-25-51-43(52-34)38-14-10-20-56(38)48(61)65-49(3,4)5)16-18-36(32)57(39)45(64-40(33)24-29)30-11-8-12-31(22-30)46(59)62-6/h8,11-12,15-18,21-27,37-38,41,44-46,58-59H,9-10,13-14,19-20H2,1-7H3,(H,50,53)(H,51,52)(H,54,60)/t37-,38-,41-,44?,45?,46?/m0/s1. The van der Waals surface area contributed by atoms with Crippen molar-refractivity contribution in [1.29, 1.82) is 0 Å². The highest BCUT2D eigenvalue weighted by molar-refractivity contribution is 5.92. The van der Waals surface area contributed by atoms with E-state index in [1.54, 1.807) is 4.90 Å². The molecule has 342 valence electrons. The van der Waals surface area contributed by atoms with Crippen LogP contribution in [-0.4, -0.2) is 102 Å². The third-order valence-corrected chi connectivity index (χ3v) is 12.7. The first kappa shape index (κ1) is 44.0. The lowest BCUT2D eigenvalue weighted by Gasteiger charge is -2.35. The van der Waals surface area contributed by atoms with E-state index in [-0.39, 0.29) is 24.1 Å². The first-order valence-corrected chi connectivity index (χ1v) is 22.4. The van der Waals surface area contributed by atoms with Crippen molar-refractivity contribution in [2.75, 3.05) is 27.3 Å². The molecule has 2 saturated heterocycles. The number of carbonyl (C=O) groups is 2. The van der Waals surface area contributed by atoms with E-state index in [0.717, 1.165) is 87.6 Å². The number of carbonyl (C=O) groups excluding carboxylic acids is 2. The van der Waals surface area contributed by atoms with E-state index in [2.05, 4.69) is 56.3 Å². The van der Waals surface area contributed by atoms with Gasteiger partial charge in [-0.2, -0.15) is 0 Å². The molecular weight excluding hydrogens is 829 g/mol. The largest absolute Gasteiger partial charge is 0.465 e. The number of likely N-dealkylation sites (tertiary alicyclic amines) is 2. The number of aromatic amines is 2. The molecule has 9 rings (SSSR count). The number of methoxy groups -OCH3 is 2. The highest BCUT2D eigenvalue weighted by Gasteiger charge is 2.39. The van der Waals surface area contributed by atoms with Crippen molar-refractivity contribution < 1.29 is 38.7 Å². The zero-order valence-corrected chi connectivity index (χ0v) is 37.9. The van der Waals surface area contributed by atoms with Crippen molar-refractivity contribution in [2.24, 2.45) is 5.92 Å². The number of nitrogens with one attached hydrogen (secondary N) is 3. The molecule has 0 bridgehead atoms. The normalized spacial score (nSPS) is 20.0. The maximum Gasteiger partial charge on any atom is 0.410 e. The molecule has 0 saturated carbocycles. The third kappa shape index (κ3) is 8.58. The number of aliphatic hydroxyl groups excluding tert-OH is 2. The molecule has 65 heavy (non-hydrogen) atoms. The number of hydrogen-bond donors (Lipinski definition) is 5. The van der Waals surface area contributed by atoms with Crippen LogP contribution in [0.5, 0.6) is 5.75 Å². The summed E-state index contributed by atoms with van der Waals surface area (Å²) in [7, 11) is 2.78. The van der Waals surface area contributed by atoms with Crippen LogP contribution in [-0.2, 0) is 14.2 Å². The van der Waals surface area contributed by atoms with Crippen LogP contribution < -0.4 is 10.1 Å². The fraction of sp³-hybridized carbons (Fsp3) is 0.429. The van der Waals surface area contributed by atoms with Gasteiger partial charge in [0.2, 0.25) is 6.23 Å². The first-order chi connectivity index (χ1) is 31.2. The lowest BCUT2D eigenvalue weighted by atomic mass is 10.0. The molecule has 0 radical (unpaired) electrons. The van der Waals surface area contributed by atoms with Crippen molar-refractivity contribution >= 4 is 23.1 Å². The Kier molecular flexibility index (Phi) is 12.0. The summed E-state index contributed by atoms with van der Waals surface area (Å²) < 4.78 is 25.0. The quantitative estimate of drug-likeness (QED) is 0.0783. The number of nitrogens with zero attached hydrogens (tertiary/aromatic N) is 5. The van der Waals surface area contributed by atoms with Crippen LogP contribution in [0.2, 0.25) is 0 Å². The zero-order valence-electron chi connectivity index (χ0n) is 37.9. The van der Waals surface area contributed by atoms with Crippen molar-refractivity contribution in [3.8, 4) is 39.5 Å². The highest BCUT2D eigenvalue weighted by atomic mass is 16.6. The number of fused-ring (bicyclic) bond motifs is 5. The summed E-state index contributed by atoms with van der Waals surface area (Å²) in [6.07, 6.45) is 3.39. The summed E-state index contributed by atoms with van der Waals surface area (Å²) in [5, 5.41) is 26.0. The van der Waals surface area contributed by atoms with Gasteiger partial charge in [-0.1, -0.05) is 44.2 Å². The van der Waals surface area contributed by atoms with Crippen LogP contribution in [0.1, 0.15) is 108 Å². The minimum atomic E-state index is -1.10. The molecule has 0 aliphatic carbocycles. The summed E-state index contributed by atoms with van der Waals surface area (Å²) in [6.45, 7) is 10.8. The first-order valence-electron chi connectivity index (χ1n) is 22.4. The second-order valence-electron chi connectivity index (χ2n) is 18.5. The van der Waals surface area contributed by atoms with Crippen LogP contribution in [0.4, 0.5) is 9.59 Å². The van der Waals surface area contributed by atoms with Gasteiger partial charge in [0.1, 0.15) is 29.2 Å². The lowest BCUT2D eigenvalue weighted by molar-refractivity contribution is -0.0770. The molecule has 16 nitrogen and oxygen atoms in total. The SMILES string of the molecule is COC(=O)N[C@@H](C(C)C)C(O)N1CCC[C@H]1c1ncc(-c2ccc3c(c2)OC(c2cccc(C(O)OC)c2)n2c-3cc3cc(-c4cnc([C@@H]5CCCN5C(=O)OC(C)(C)C)[nH]4)ccc32)[nH]1. The number of amides is 2. The molecule has 6 atom stereocenters. The summed E-state index contributed by atoms with van der Waals surface area (Å²) in [6, 6.07) is 21.3. The van der Waals surface area contributed by atoms with E-state index in [1.165, 1.54) is 14.2 Å². The maximum absolute atomic E-state index is 13.1. The van der Waals surface area contributed by atoms with Crippen molar-refractivity contribution in [3.05, 3.63) is 102 Å². The molecule has 2 amide bonds. The van der Waals surface area contributed by atoms with Gasteiger partial charge >= 0.3 is 12.2 Å². The second kappa shape index (κ2) is 17.6. The Morgan fingerprint density at radius 1 is 0.877 bits per heavy atom. The van der Waals surface area contributed by atoms with E-state index >= 15 is 0 Å². The number of alkyl carbamates (subject to hydrolysis) is 1. The molecule has 3 aromatic carbocycles. The molecule has 3 unspecified atom stereocenters. The summed E-state index contributed by atoms with van der Waals surface area (Å²) >= 11 is 0. The van der Waals surface area contributed by atoms with Gasteiger partial charge in [0, 0.05) is 53.4 Å². The Morgan fingerprint density at radius 3 is 2.28 bits per heavy atom. The Bertz CT molecular complexity index is 2700. The minimum absolute atomic E-state index is 0.0451. The molecule has 3 aliphatic rings. The average molecular weight is 887 g/mol. The van der Waals surface area contributed by atoms with E-state index in [4.69, 9.17) is 28.9 Å². The predicted octanol–water partition coefficient (Wildman–Crippen LogP) is 8.57. The second-order valence-corrected chi connectivity index (χ2v) is 18.5. The number of aromatic nitrogens is 5. The number of H-pyrrole nitrogens is 2. The fourth-order valence-corrected chi connectivity index (χ4v) is 9.54. The molecule has 0 spiro atoms. The Balaban J connectivity index is 1.04. The lowest BCUT2D eigenvalue weighted by Crippen LogP contribution is -2.54. The molecule has 6 heterocycles. The number of hydrogen-bond acceptors (Lipinski definition) is 11. The smallest absolute Gasteiger partial charge is 0.410 e. The Morgan fingerprint density at radius 2 is 1.57 bits per heavy atom. The van der Waals surface area contributed by atoms with Crippen molar-refractivity contribution in [2.45, 2.75) is 103 Å². The van der Waals surface area contributed by atoms with Gasteiger partial charge in [-0.15, -0.1) is 0 Å². The summed E-state index contributed by atoms with van der Waals surface area (Å²) in [4.78, 5) is 45.6. The molecular formula is C49H58N8O8. The van der Waals surface area contributed by atoms with Gasteiger partial charge in [-0.25, -0.2) is 19.6 Å². The van der Waals surface area contributed by atoms with E-state index < -0.39 is 36.5 Å². The molecule has 3 aliphatic heterocycles. The van der Waals surface area contributed by atoms with Gasteiger partial charge in [0.05, 0.1) is 60.2 Å². The highest BCUT2D eigenvalue weighted by Crippen LogP contribution is 2.46. The zero-order chi connectivity index (χ0) is 45.7. The van der Waals surface area contributed by atoms with Crippen LogP contribution in [0.25, 0.3) is 44.7 Å². The maximum atomic E-state index is 13.1. The third-order valence-electron chi connectivity index (χ3n) is 12.7. The average Bonchev–Trinajstić information content (AvgIpc) is 4.15. The van der Waals surface area contributed by atoms with Crippen LogP contribution in [0.15, 0.2) is 79.1 Å². The monoisotopic (exact) mass is 886 g/mol. The Labute approximate surface area is 377 Å². The number of rotatable bonds is 11. The van der Waals surface area contributed by atoms with Crippen molar-refractivity contribution in [3.63, 3.8) is 0 Å². The summed E-state index contributed by atoms with van der Waals surface area (Å²) in [5.74, 6) is 2.08. The van der Waals surface area contributed by atoms with Gasteiger partial charge in [0.15, 0.2) is 6.29 Å². The van der Waals surface area contributed by atoms with Gasteiger partial charge < -0.3 is 49.0 Å². The van der Waals surface area contributed by atoms with E-state index in [9.17, 15) is 19.8 Å². The molecule has 6 aromatic rings. The predicted molar refractivity (Wildman–Crippen MR) is 243 cm³/mol. The molecule has 3 aromatic heterocycles. The van der Waals surface area contributed by atoms with Crippen molar-refractivity contribution in [1.82, 2.24) is 39.6 Å². The fourth-order valence-electron chi connectivity index (χ4n) is 9.54. The molecule has 5 N–H and O–H groups in total. The molecule has 2 fully saturated rings. The number of benzene rings is 3. The number of aliphatic hydroxyl groups is 2. The van der Waals surface area contributed by atoms with Gasteiger partial charge in [-0.3, -0.25) is 9.80 Å². The number of ether oxygens (including phenoxy) is 4. The van der Waals surface area contributed by atoms with Gasteiger partial charge in [0.25, 0.3) is 0 Å². The van der Waals surface area contributed by atoms with Crippen LogP contribution >= 0.6 is 0 Å². The van der Waals surface area contributed by atoms with E-state index in [0.29, 0.717) is 24.4 Å². The van der Waals surface area contributed by atoms with Gasteiger partial charge in [-0.05, 0) is 88.8 Å².